The molecule has 0 aromatic heterocycles. The van der Waals surface area contributed by atoms with Crippen LogP contribution in [0.25, 0.3) is 0 Å². The lowest BCUT2D eigenvalue weighted by Crippen LogP contribution is -2.30. The van der Waals surface area contributed by atoms with E-state index in [1.165, 1.54) is 116 Å². The molecule has 5 unspecified atom stereocenters. The van der Waals surface area contributed by atoms with Gasteiger partial charge >= 0.3 is 39.5 Å². The standard InChI is InChI=1S/C83H146O17P2/c1-5-9-13-17-21-25-29-32-34-36-38-40-42-45-49-52-56-60-64-68-81(86)94-74-79(100-83(88)70-66-62-58-54-50-46-43-41-39-37-35-33-30-26-22-18-14-10-6-2)76-98-102(91,92)96-72-77(84)71-95-101(89,90)97-75-78(99-82(87)69-65-61-57-53-47-28-24-20-16-12-8-4)73-93-80(85)67-63-59-55-51-48-44-31-27-23-19-15-11-7-3/h9,13,21-22,25-26,32-35,38-41,45,49,77-79,84H,5-8,10-12,14-20,23-24,27-31,36-37,42-44,46-48,50-76H2,1-4H3,(H,89,90)(H,91,92)/b13-9-,25-21-,26-22-,34-32-,35-33-,40-38-,41-39-,49-45-. The molecule has 0 heterocycles. The molecule has 0 aromatic carbocycles. The highest BCUT2D eigenvalue weighted by Gasteiger charge is 2.30. The second-order valence-corrected chi connectivity index (χ2v) is 29.9. The fraction of sp³-hybridized carbons (Fsp3) is 0.759. The molecule has 0 fully saturated rings. The number of hydrogen-bond acceptors (Lipinski definition) is 15. The Kier molecular flexibility index (Phi) is 72.3. The molecule has 5 atom stereocenters. The van der Waals surface area contributed by atoms with Crippen LogP contribution in [-0.2, 0) is 65.4 Å². The summed E-state index contributed by atoms with van der Waals surface area (Å²) in [5.74, 6) is -2.20. The fourth-order valence-corrected chi connectivity index (χ4v) is 12.5. The van der Waals surface area contributed by atoms with Crippen molar-refractivity contribution in [2.45, 2.75) is 367 Å². The van der Waals surface area contributed by atoms with Gasteiger partial charge < -0.3 is 33.8 Å². The number of carbonyl (C=O) groups excluding carboxylic acids is 4. The van der Waals surface area contributed by atoms with Gasteiger partial charge in [-0.2, -0.15) is 0 Å². The lowest BCUT2D eigenvalue weighted by Gasteiger charge is -2.21. The molecular formula is C83H146O17P2. The van der Waals surface area contributed by atoms with E-state index < -0.39 is 97.5 Å². The molecular weight excluding hydrogens is 1330 g/mol. The van der Waals surface area contributed by atoms with Gasteiger partial charge in [-0.15, -0.1) is 0 Å². The number of allylic oxidation sites excluding steroid dienone is 16. The van der Waals surface area contributed by atoms with Crippen molar-refractivity contribution in [3.05, 3.63) is 97.2 Å². The molecule has 0 aliphatic carbocycles. The molecule has 590 valence electrons. The predicted molar refractivity (Wildman–Crippen MR) is 418 cm³/mol. The van der Waals surface area contributed by atoms with Crippen molar-refractivity contribution in [3.63, 3.8) is 0 Å². The van der Waals surface area contributed by atoms with E-state index in [-0.39, 0.29) is 25.7 Å². The van der Waals surface area contributed by atoms with Crippen LogP contribution in [0.3, 0.4) is 0 Å². The number of rotatable bonds is 76. The van der Waals surface area contributed by atoms with Crippen molar-refractivity contribution < 1.29 is 80.2 Å². The van der Waals surface area contributed by atoms with Crippen molar-refractivity contribution in [2.24, 2.45) is 0 Å². The number of hydrogen-bond donors (Lipinski definition) is 3. The van der Waals surface area contributed by atoms with Crippen molar-refractivity contribution >= 4 is 39.5 Å². The molecule has 0 aromatic rings. The zero-order valence-corrected chi connectivity index (χ0v) is 66.3. The summed E-state index contributed by atoms with van der Waals surface area (Å²) in [6, 6.07) is 0. The average molecular weight is 1480 g/mol. The molecule has 17 nitrogen and oxygen atoms in total. The van der Waals surface area contributed by atoms with Crippen LogP contribution in [0.5, 0.6) is 0 Å². The topological polar surface area (TPSA) is 237 Å². The number of phosphoric ester groups is 2. The molecule has 0 spiro atoms. The third-order valence-electron chi connectivity index (χ3n) is 17.1. The summed E-state index contributed by atoms with van der Waals surface area (Å²) < 4.78 is 68.6. The fourth-order valence-electron chi connectivity index (χ4n) is 10.9. The van der Waals surface area contributed by atoms with E-state index >= 15 is 0 Å². The number of ether oxygens (including phenoxy) is 4. The zero-order chi connectivity index (χ0) is 74.6. The van der Waals surface area contributed by atoms with E-state index in [2.05, 4.69) is 125 Å². The van der Waals surface area contributed by atoms with Crippen LogP contribution in [-0.4, -0.2) is 96.7 Å². The molecule has 102 heavy (non-hydrogen) atoms. The lowest BCUT2D eigenvalue weighted by molar-refractivity contribution is -0.161. The Labute approximate surface area is 620 Å². The van der Waals surface area contributed by atoms with E-state index in [4.69, 9.17) is 37.0 Å². The summed E-state index contributed by atoms with van der Waals surface area (Å²) in [5.41, 5.74) is 0. The van der Waals surface area contributed by atoms with Gasteiger partial charge in [0.1, 0.15) is 19.3 Å². The number of carbonyl (C=O) groups is 4. The van der Waals surface area contributed by atoms with Gasteiger partial charge in [0, 0.05) is 25.7 Å². The maximum atomic E-state index is 13.1. The molecule has 0 aliphatic rings. The molecule has 3 N–H and O–H groups in total. The Hall–Kier alpha value is -4.02. The molecule has 0 saturated heterocycles. The average Bonchev–Trinajstić information content (AvgIpc) is 0.940. The van der Waals surface area contributed by atoms with Gasteiger partial charge in [-0.25, -0.2) is 9.13 Å². The van der Waals surface area contributed by atoms with Gasteiger partial charge in [0.15, 0.2) is 12.2 Å². The highest BCUT2D eigenvalue weighted by Crippen LogP contribution is 2.45. The van der Waals surface area contributed by atoms with Crippen LogP contribution in [0.4, 0.5) is 0 Å². The van der Waals surface area contributed by atoms with Gasteiger partial charge in [0.05, 0.1) is 26.4 Å². The largest absolute Gasteiger partial charge is 0.472 e. The van der Waals surface area contributed by atoms with Gasteiger partial charge in [0.2, 0.25) is 0 Å². The maximum Gasteiger partial charge on any atom is 0.472 e. The number of esters is 4. The first-order valence-corrected chi connectivity index (χ1v) is 43.5. The number of aliphatic hydroxyl groups excluding tert-OH is 1. The van der Waals surface area contributed by atoms with Crippen LogP contribution >= 0.6 is 15.6 Å². The van der Waals surface area contributed by atoms with E-state index in [0.29, 0.717) is 25.7 Å². The molecule has 0 bridgehead atoms. The molecule has 0 rings (SSSR count). The molecule has 19 heteroatoms. The van der Waals surface area contributed by atoms with Crippen LogP contribution in [0.1, 0.15) is 349 Å². The SMILES string of the molecule is CC/C=C\C/C=C\C/C=C\C/C=C\C/C=C\CCCCCC(=O)OCC(COP(=O)(O)OCC(O)COP(=O)(O)OCC(COC(=O)CCCCCCCCCCCCCCC)OC(=O)CCCCCCCCCCCCC)OC(=O)CCCCCCCC/C=C\C/C=C\C/C=C\CCCCC. The first-order valence-electron chi connectivity index (χ1n) is 40.5. The third-order valence-corrected chi connectivity index (χ3v) is 19.0. The highest BCUT2D eigenvalue weighted by atomic mass is 31.2. The Morgan fingerprint density at radius 2 is 0.510 bits per heavy atom. The minimum absolute atomic E-state index is 0.0729. The van der Waals surface area contributed by atoms with Gasteiger partial charge in [0.25, 0.3) is 0 Å². The van der Waals surface area contributed by atoms with Crippen molar-refractivity contribution in [1.29, 1.82) is 0 Å². The molecule has 0 radical (unpaired) electrons. The lowest BCUT2D eigenvalue weighted by atomic mass is 10.0. The summed E-state index contributed by atoms with van der Waals surface area (Å²) in [4.78, 5) is 73.0. The normalized spacial score (nSPS) is 14.4. The van der Waals surface area contributed by atoms with Crippen LogP contribution < -0.4 is 0 Å². The smallest absolute Gasteiger partial charge is 0.462 e. The quantitative estimate of drug-likeness (QED) is 0.0169. The van der Waals surface area contributed by atoms with Gasteiger partial charge in [-0.3, -0.25) is 37.3 Å². The Morgan fingerprint density at radius 3 is 0.814 bits per heavy atom. The summed E-state index contributed by atoms with van der Waals surface area (Å²) in [6.45, 7) is 4.72. The van der Waals surface area contributed by atoms with Crippen molar-refractivity contribution in [3.8, 4) is 0 Å². The van der Waals surface area contributed by atoms with E-state index in [9.17, 15) is 43.2 Å². The van der Waals surface area contributed by atoms with Crippen LogP contribution in [0, 0.1) is 0 Å². The minimum Gasteiger partial charge on any atom is -0.462 e. The van der Waals surface area contributed by atoms with Crippen molar-refractivity contribution in [1.82, 2.24) is 0 Å². The molecule has 0 saturated carbocycles. The summed E-state index contributed by atoms with van der Waals surface area (Å²) in [5, 5.41) is 10.6. The molecule has 0 aliphatic heterocycles. The first-order chi connectivity index (χ1) is 49.7. The number of phosphoric acid groups is 2. The minimum atomic E-state index is -4.99. The first kappa shape index (κ1) is 98.0. The Bertz CT molecular complexity index is 2310. The summed E-state index contributed by atoms with van der Waals surface area (Å²) in [6.07, 6.45) is 79.5. The Balaban J connectivity index is 5.36. The van der Waals surface area contributed by atoms with E-state index in [1.807, 2.05) is 0 Å². The van der Waals surface area contributed by atoms with Gasteiger partial charge in [-0.1, -0.05) is 311 Å². The number of unbranched alkanes of at least 4 members (excludes halogenated alkanes) is 34. The second-order valence-electron chi connectivity index (χ2n) is 27.0. The maximum absolute atomic E-state index is 13.1. The molecule has 0 amide bonds. The number of aliphatic hydroxyl groups is 1. The predicted octanol–water partition coefficient (Wildman–Crippen LogP) is 23.6. The van der Waals surface area contributed by atoms with Crippen molar-refractivity contribution in [2.75, 3.05) is 39.6 Å². The Morgan fingerprint density at radius 1 is 0.284 bits per heavy atom. The highest BCUT2D eigenvalue weighted by molar-refractivity contribution is 7.47. The van der Waals surface area contributed by atoms with E-state index in [1.54, 1.807) is 0 Å². The van der Waals surface area contributed by atoms with Gasteiger partial charge in [-0.05, 0) is 109 Å². The van der Waals surface area contributed by atoms with Crippen LogP contribution in [0.2, 0.25) is 0 Å². The summed E-state index contributed by atoms with van der Waals surface area (Å²) >= 11 is 0. The summed E-state index contributed by atoms with van der Waals surface area (Å²) in [7, 11) is -9.96. The van der Waals surface area contributed by atoms with Crippen LogP contribution in [0.15, 0.2) is 97.2 Å². The third kappa shape index (κ3) is 74.3. The monoisotopic (exact) mass is 1480 g/mol. The van der Waals surface area contributed by atoms with E-state index in [0.717, 1.165) is 154 Å². The second kappa shape index (κ2) is 75.2. The zero-order valence-electron chi connectivity index (χ0n) is 64.5.